The largest absolute Gasteiger partial charge is 0.459 e. The Morgan fingerprint density at radius 3 is 2.26 bits per heavy atom. The summed E-state index contributed by atoms with van der Waals surface area (Å²) >= 11 is 0. The van der Waals surface area contributed by atoms with E-state index in [4.69, 9.17) is 9.47 Å². The van der Waals surface area contributed by atoms with E-state index in [0.29, 0.717) is 17.0 Å². The van der Waals surface area contributed by atoms with E-state index in [1.165, 1.54) is 0 Å². The Bertz CT molecular complexity index is 858. The molecule has 1 aliphatic heterocycles. The van der Waals surface area contributed by atoms with Crippen LogP contribution >= 0.6 is 0 Å². The van der Waals surface area contributed by atoms with Crippen molar-refractivity contribution < 1.29 is 19.1 Å². The first-order valence-corrected chi connectivity index (χ1v) is 8.76. The highest BCUT2D eigenvalue weighted by molar-refractivity contribution is 5.95. The van der Waals surface area contributed by atoms with Crippen LogP contribution in [0.5, 0.6) is 11.5 Å². The number of carbonyl (C=O) groups excluding carboxylic acids is 2. The molecule has 0 saturated heterocycles. The summed E-state index contributed by atoms with van der Waals surface area (Å²) in [5.41, 5.74) is 1.64. The number of allylic oxidation sites excluding steroid dienone is 1. The van der Waals surface area contributed by atoms with Crippen molar-refractivity contribution in [2.24, 2.45) is 0 Å². The van der Waals surface area contributed by atoms with E-state index in [9.17, 15) is 9.59 Å². The summed E-state index contributed by atoms with van der Waals surface area (Å²) in [5, 5.41) is 5.42. The molecule has 6 nitrogen and oxygen atoms in total. The molecule has 0 saturated carbocycles. The number of hydrogen-bond donors (Lipinski definition) is 2. The number of para-hydroxylation sites is 1. The second-order valence-corrected chi connectivity index (χ2v) is 6.51. The van der Waals surface area contributed by atoms with Gasteiger partial charge in [-0.05, 0) is 50.6 Å². The van der Waals surface area contributed by atoms with Gasteiger partial charge in [-0.2, -0.15) is 0 Å². The van der Waals surface area contributed by atoms with Crippen LogP contribution in [-0.4, -0.2) is 18.1 Å². The Hall–Kier alpha value is -3.28. The molecule has 0 aromatic heterocycles. The van der Waals surface area contributed by atoms with Gasteiger partial charge in [0.25, 0.3) is 0 Å². The van der Waals surface area contributed by atoms with Gasteiger partial charge < -0.3 is 20.1 Å². The van der Waals surface area contributed by atoms with Crippen molar-refractivity contribution in [2.45, 2.75) is 32.9 Å². The normalized spacial score (nSPS) is 16.6. The van der Waals surface area contributed by atoms with Crippen molar-refractivity contribution in [1.29, 1.82) is 0 Å². The van der Waals surface area contributed by atoms with Gasteiger partial charge in [0.15, 0.2) is 0 Å². The molecule has 1 aliphatic rings. The minimum Gasteiger partial charge on any atom is -0.459 e. The summed E-state index contributed by atoms with van der Waals surface area (Å²) in [4.78, 5) is 24.4. The molecule has 1 atom stereocenters. The third-order valence-corrected chi connectivity index (χ3v) is 4.02. The van der Waals surface area contributed by atoms with Crippen LogP contribution in [-0.2, 0) is 9.53 Å². The lowest BCUT2D eigenvalue weighted by Crippen LogP contribution is -2.45. The van der Waals surface area contributed by atoms with Crippen LogP contribution in [0.15, 0.2) is 65.9 Å². The fourth-order valence-electron chi connectivity index (χ4n) is 2.84. The Kier molecular flexibility index (Phi) is 5.45. The third-order valence-electron chi connectivity index (χ3n) is 4.02. The van der Waals surface area contributed by atoms with Crippen LogP contribution in [0.3, 0.4) is 0 Å². The van der Waals surface area contributed by atoms with Gasteiger partial charge in [0.1, 0.15) is 11.5 Å². The Balaban J connectivity index is 1.85. The highest BCUT2D eigenvalue weighted by Gasteiger charge is 2.32. The first kappa shape index (κ1) is 18.5. The topological polar surface area (TPSA) is 76.7 Å². The van der Waals surface area contributed by atoms with E-state index >= 15 is 0 Å². The van der Waals surface area contributed by atoms with Crippen molar-refractivity contribution in [3.05, 3.63) is 71.4 Å². The Morgan fingerprint density at radius 2 is 1.63 bits per heavy atom. The first-order chi connectivity index (χ1) is 12.9. The number of nitrogens with one attached hydrogen (secondary N) is 2. The third kappa shape index (κ3) is 4.47. The SMILES string of the molecule is CC1=C(C(=O)OC(C)C)[C@@H](c2ccc(Oc3ccccc3)cc2)NC(=O)N1. The molecule has 2 amide bonds. The average Bonchev–Trinajstić information content (AvgIpc) is 2.62. The molecule has 0 unspecified atom stereocenters. The number of rotatable bonds is 5. The summed E-state index contributed by atoms with van der Waals surface area (Å²) in [6, 6.07) is 15.8. The van der Waals surface area contributed by atoms with Gasteiger partial charge >= 0.3 is 12.0 Å². The molecule has 27 heavy (non-hydrogen) atoms. The number of amides is 2. The molecule has 0 radical (unpaired) electrons. The zero-order valence-corrected chi connectivity index (χ0v) is 15.5. The number of benzene rings is 2. The molecule has 0 aliphatic carbocycles. The summed E-state index contributed by atoms with van der Waals surface area (Å²) in [7, 11) is 0. The minimum atomic E-state index is -0.587. The van der Waals surface area contributed by atoms with Crippen LogP contribution in [0.25, 0.3) is 0 Å². The summed E-state index contributed by atoms with van der Waals surface area (Å²) in [5.74, 6) is 0.944. The molecule has 0 fully saturated rings. The van der Waals surface area contributed by atoms with Crippen LogP contribution in [0.1, 0.15) is 32.4 Å². The Labute approximate surface area is 158 Å². The molecule has 2 N–H and O–H groups in total. The van der Waals surface area contributed by atoms with Crippen LogP contribution in [0, 0.1) is 0 Å². The molecular formula is C21H22N2O4. The lowest BCUT2D eigenvalue weighted by molar-refractivity contribution is -0.143. The highest BCUT2D eigenvalue weighted by Crippen LogP contribution is 2.30. The second kappa shape index (κ2) is 7.95. The van der Waals surface area contributed by atoms with Gasteiger partial charge in [-0.25, -0.2) is 9.59 Å². The number of ether oxygens (including phenoxy) is 2. The maximum absolute atomic E-state index is 12.5. The van der Waals surface area contributed by atoms with Crippen LogP contribution in [0.2, 0.25) is 0 Å². The minimum absolute atomic E-state index is 0.252. The number of carbonyl (C=O) groups is 2. The van der Waals surface area contributed by atoms with Gasteiger partial charge in [-0.3, -0.25) is 0 Å². The van der Waals surface area contributed by atoms with E-state index in [2.05, 4.69) is 10.6 Å². The highest BCUT2D eigenvalue weighted by atomic mass is 16.5. The summed E-state index contributed by atoms with van der Waals surface area (Å²) < 4.78 is 11.1. The van der Waals surface area contributed by atoms with Crippen molar-refractivity contribution in [3.8, 4) is 11.5 Å². The second-order valence-electron chi connectivity index (χ2n) is 6.51. The predicted molar refractivity (Wildman–Crippen MR) is 101 cm³/mol. The summed E-state index contributed by atoms with van der Waals surface area (Å²) in [6.07, 6.45) is -0.252. The van der Waals surface area contributed by atoms with Crippen molar-refractivity contribution >= 4 is 12.0 Å². The summed E-state index contributed by atoms with van der Waals surface area (Å²) in [6.45, 7) is 5.26. The Morgan fingerprint density at radius 1 is 1.00 bits per heavy atom. The quantitative estimate of drug-likeness (QED) is 0.783. The molecule has 2 aromatic carbocycles. The number of esters is 1. The predicted octanol–water partition coefficient (Wildman–Crippen LogP) is 4.06. The number of urea groups is 1. The standard InChI is InChI=1S/C21H22N2O4/c1-13(2)26-20(24)18-14(3)22-21(25)23-19(18)15-9-11-17(12-10-15)27-16-7-5-4-6-8-16/h4-13,19H,1-3H3,(H2,22,23,25)/t19-/m1/s1. The molecule has 140 valence electrons. The maximum Gasteiger partial charge on any atom is 0.338 e. The van der Waals surface area contributed by atoms with E-state index in [1.807, 2.05) is 42.5 Å². The molecule has 2 aromatic rings. The molecule has 1 heterocycles. The lowest BCUT2D eigenvalue weighted by Gasteiger charge is -2.28. The first-order valence-electron chi connectivity index (χ1n) is 8.76. The van der Waals surface area contributed by atoms with Gasteiger partial charge in [-0.15, -0.1) is 0 Å². The molecule has 6 heteroatoms. The molecule has 0 spiro atoms. The smallest absolute Gasteiger partial charge is 0.338 e. The van der Waals surface area contributed by atoms with Gasteiger partial charge in [-0.1, -0.05) is 30.3 Å². The van der Waals surface area contributed by atoms with Gasteiger partial charge in [0, 0.05) is 5.70 Å². The average molecular weight is 366 g/mol. The molecule has 0 bridgehead atoms. The zero-order chi connectivity index (χ0) is 19.4. The van der Waals surface area contributed by atoms with E-state index < -0.39 is 12.0 Å². The van der Waals surface area contributed by atoms with Crippen molar-refractivity contribution in [3.63, 3.8) is 0 Å². The fourth-order valence-corrected chi connectivity index (χ4v) is 2.84. The molecular weight excluding hydrogens is 344 g/mol. The monoisotopic (exact) mass is 366 g/mol. The zero-order valence-electron chi connectivity index (χ0n) is 15.5. The van der Waals surface area contributed by atoms with Gasteiger partial charge in [0.2, 0.25) is 0 Å². The van der Waals surface area contributed by atoms with E-state index in [-0.39, 0.29) is 12.1 Å². The fraction of sp³-hybridized carbons (Fsp3) is 0.238. The lowest BCUT2D eigenvalue weighted by atomic mass is 9.95. The van der Waals surface area contributed by atoms with Crippen LogP contribution < -0.4 is 15.4 Å². The number of hydrogen-bond acceptors (Lipinski definition) is 4. The maximum atomic E-state index is 12.5. The van der Waals surface area contributed by atoms with Gasteiger partial charge in [0.05, 0.1) is 17.7 Å². The molecule has 3 rings (SSSR count). The van der Waals surface area contributed by atoms with Crippen molar-refractivity contribution in [1.82, 2.24) is 10.6 Å². The van der Waals surface area contributed by atoms with Crippen molar-refractivity contribution in [2.75, 3.05) is 0 Å². The van der Waals surface area contributed by atoms with Crippen LogP contribution in [0.4, 0.5) is 4.79 Å². The van der Waals surface area contributed by atoms with E-state index in [0.717, 1.165) is 11.3 Å². The van der Waals surface area contributed by atoms with E-state index in [1.54, 1.807) is 32.9 Å².